The molecule has 0 aliphatic carbocycles. The Balaban J connectivity index is 2.11. The first kappa shape index (κ1) is 20.2. The van der Waals surface area contributed by atoms with Gasteiger partial charge < -0.3 is 20.1 Å². The summed E-state index contributed by atoms with van der Waals surface area (Å²) in [7, 11) is 3.19. The number of nitrogens with zero attached hydrogens (tertiary/aromatic N) is 3. The Hall–Kier alpha value is -3.16. The van der Waals surface area contributed by atoms with E-state index in [1.165, 1.54) is 11.2 Å². The zero-order valence-electron chi connectivity index (χ0n) is 15.8. The van der Waals surface area contributed by atoms with Crippen LogP contribution in [-0.4, -0.2) is 52.2 Å². The number of carbonyl (C=O) groups excluding carboxylic acids is 1. The number of carboxylic acid groups (broad SMARTS) is 1. The summed E-state index contributed by atoms with van der Waals surface area (Å²) in [6.07, 6.45) is 2.85. The zero-order chi connectivity index (χ0) is 20.0. The van der Waals surface area contributed by atoms with Gasteiger partial charge in [0, 0.05) is 32.3 Å². The highest BCUT2D eigenvalue weighted by atomic mass is 16.6. The number of hydrogen-bond donors (Lipinski definition) is 2. The van der Waals surface area contributed by atoms with Gasteiger partial charge in [-0.1, -0.05) is 26.0 Å². The van der Waals surface area contributed by atoms with E-state index >= 15 is 0 Å². The summed E-state index contributed by atoms with van der Waals surface area (Å²) in [6.45, 7) is 3.99. The summed E-state index contributed by atoms with van der Waals surface area (Å²) in [4.78, 5) is 32.8. The quantitative estimate of drug-likeness (QED) is 0.770. The fourth-order valence-electron chi connectivity index (χ4n) is 2.37. The second kappa shape index (κ2) is 8.98. The van der Waals surface area contributed by atoms with Gasteiger partial charge in [0.25, 0.3) is 0 Å². The first-order valence-corrected chi connectivity index (χ1v) is 8.55. The third kappa shape index (κ3) is 5.67. The zero-order valence-corrected chi connectivity index (χ0v) is 15.8. The molecule has 8 nitrogen and oxygen atoms in total. The molecule has 1 heterocycles. The topological polar surface area (TPSA) is 105 Å². The molecule has 0 unspecified atom stereocenters. The minimum Gasteiger partial charge on any atom is -0.480 e. The van der Waals surface area contributed by atoms with E-state index in [-0.39, 0.29) is 12.3 Å². The van der Waals surface area contributed by atoms with Crippen LogP contribution >= 0.6 is 0 Å². The minimum absolute atomic E-state index is 0.161. The van der Waals surface area contributed by atoms with Gasteiger partial charge in [-0.25, -0.2) is 19.6 Å². The van der Waals surface area contributed by atoms with E-state index in [0.717, 1.165) is 11.1 Å². The van der Waals surface area contributed by atoms with Crippen molar-refractivity contribution in [3.05, 3.63) is 47.9 Å². The van der Waals surface area contributed by atoms with Crippen LogP contribution in [0.25, 0.3) is 0 Å². The Kier molecular flexibility index (Phi) is 6.70. The van der Waals surface area contributed by atoms with Crippen molar-refractivity contribution in [2.45, 2.75) is 32.2 Å². The number of aromatic nitrogens is 2. The van der Waals surface area contributed by atoms with Gasteiger partial charge in [0.05, 0.1) is 0 Å². The number of benzene rings is 1. The number of carbonyl (C=O) groups is 2. The molecule has 0 aliphatic rings. The molecule has 144 valence electrons. The predicted molar refractivity (Wildman–Crippen MR) is 101 cm³/mol. The molecule has 0 radical (unpaired) electrons. The molecule has 0 saturated heterocycles. The maximum atomic E-state index is 11.7. The molecule has 8 heteroatoms. The van der Waals surface area contributed by atoms with E-state index in [1.807, 2.05) is 13.8 Å². The summed E-state index contributed by atoms with van der Waals surface area (Å²) >= 11 is 0. The minimum atomic E-state index is -0.980. The third-order valence-corrected chi connectivity index (χ3v) is 3.91. The normalized spacial score (nSPS) is 11.7. The molecule has 2 N–H and O–H groups in total. The summed E-state index contributed by atoms with van der Waals surface area (Å²) in [5, 5.41) is 12.6. The third-order valence-electron chi connectivity index (χ3n) is 3.91. The largest absolute Gasteiger partial charge is 0.480 e. The average Bonchev–Trinajstić information content (AvgIpc) is 2.62. The fourth-order valence-corrected chi connectivity index (χ4v) is 2.37. The molecule has 2 rings (SSSR count). The van der Waals surface area contributed by atoms with Gasteiger partial charge in [-0.3, -0.25) is 0 Å². The van der Waals surface area contributed by atoms with E-state index in [0.29, 0.717) is 11.6 Å². The first-order valence-electron chi connectivity index (χ1n) is 8.55. The van der Waals surface area contributed by atoms with Crippen LogP contribution in [0.3, 0.4) is 0 Å². The maximum Gasteiger partial charge on any atom is 0.414 e. The van der Waals surface area contributed by atoms with Crippen molar-refractivity contribution in [1.29, 1.82) is 0 Å². The van der Waals surface area contributed by atoms with Crippen molar-refractivity contribution >= 4 is 17.9 Å². The van der Waals surface area contributed by atoms with Gasteiger partial charge >= 0.3 is 12.1 Å². The van der Waals surface area contributed by atoms with Crippen LogP contribution in [0.1, 0.15) is 30.9 Å². The molecule has 1 atom stereocenters. The Labute approximate surface area is 158 Å². The fraction of sp³-hybridized carbons (Fsp3) is 0.368. The molecule has 0 bridgehead atoms. The van der Waals surface area contributed by atoms with Gasteiger partial charge in [0.15, 0.2) is 0 Å². The standard InChI is InChI=1S/C19H24N4O4/c1-12(2)15-10-20-11-21-17(15)22-16(18(24)25)9-13-5-7-14(8-6-13)27-19(26)23(3)4/h5-8,10-12,16H,9H2,1-4H3,(H,24,25)(H,20,21,22)/t16-/m0/s1. The molecule has 0 aliphatic heterocycles. The van der Waals surface area contributed by atoms with Crippen molar-refractivity contribution in [2.24, 2.45) is 0 Å². The summed E-state index contributed by atoms with van der Waals surface area (Å²) < 4.78 is 5.16. The number of hydrogen-bond acceptors (Lipinski definition) is 6. The lowest BCUT2D eigenvalue weighted by atomic mass is 10.0. The lowest BCUT2D eigenvalue weighted by Gasteiger charge is -2.18. The molecule has 0 fully saturated rings. The smallest absolute Gasteiger partial charge is 0.414 e. The maximum absolute atomic E-state index is 11.7. The van der Waals surface area contributed by atoms with Crippen molar-refractivity contribution in [3.8, 4) is 5.75 Å². The van der Waals surface area contributed by atoms with Crippen molar-refractivity contribution in [3.63, 3.8) is 0 Å². The van der Waals surface area contributed by atoms with Gasteiger partial charge in [0.1, 0.15) is 23.9 Å². The van der Waals surface area contributed by atoms with Gasteiger partial charge in [-0.2, -0.15) is 0 Å². The average molecular weight is 372 g/mol. The van der Waals surface area contributed by atoms with E-state index in [9.17, 15) is 14.7 Å². The van der Waals surface area contributed by atoms with Crippen LogP contribution in [0.15, 0.2) is 36.8 Å². The molecule has 0 saturated carbocycles. The molecular formula is C19H24N4O4. The molecule has 1 amide bonds. The number of carboxylic acids is 1. The number of rotatable bonds is 7. The Morgan fingerprint density at radius 1 is 1.22 bits per heavy atom. The van der Waals surface area contributed by atoms with Crippen LogP contribution in [0.5, 0.6) is 5.75 Å². The van der Waals surface area contributed by atoms with Crippen LogP contribution in [0, 0.1) is 0 Å². The van der Waals surface area contributed by atoms with E-state index in [4.69, 9.17) is 4.74 Å². The molecule has 2 aromatic rings. The lowest BCUT2D eigenvalue weighted by molar-refractivity contribution is -0.137. The van der Waals surface area contributed by atoms with Crippen LogP contribution < -0.4 is 10.1 Å². The Morgan fingerprint density at radius 3 is 2.44 bits per heavy atom. The van der Waals surface area contributed by atoms with Gasteiger partial charge in [-0.15, -0.1) is 0 Å². The highest BCUT2D eigenvalue weighted by molar-refractivity contribution is 5.77. The summed E-state index contributed by atoms with van der Waals surface area (Å²) in [5.41, 5.74) is 1.65. The van der Waals surface area contributed by atoms with Crippen molar-refractivity contribution in [1.82, 2.24) is 14.9 Å². The van der Waals surface area contributed by atoms with Crippen molar-refractivity contribution < 1.29 is 19.4 Å². The molecule has 27 heavy (non-hydrogen) atoms. The van der Waals surface area contributed by atoms with Crippen LogP contribution in [0.4, 0.5) is 10.6 Å². The van der Waals surface area contributed by atoms with E-state index < -0.39 is 18.1 Å². The highest BCUT2D eigenvalue weighted by Gasteiger charge is 2.21. The number of anilines is 1. The summed E-state index contributed by atoms with van der Waals surface area (Å²) in [5.74, 6) is 0.0966. The number of amides is 1. The first-order chi connectivity index (χ1) is 12.8. The Bertz CT molecular complexity index is 791. The highest BCUT2D eigenvalue weighted by Crippen LogP contribution is 2.22. The molecular weight excluding hydrogens is 348 g/mol. The predicted octanol–water partition coefficient (Wildman–Crippen LogP) is 2.77. The van der Waals surface area contributed by atoms with Gasteiger partial charge in [-0.05, 0) is 23.6 Å². The molecule has 0 spiro atoms. The van der Waals surface area contributed by atoms with Gasteiger partial charge in [0.2, 0.25) is 0 Å². The van der Waals surface area contributed by atoms with Crippen LogP contribution in [-0.2, 0) is 11.2 Å². The van der Waals surface area contributed by atoms with Crippen molar-refractivity contribution in [2.75, 3.05) is 19.4 Å². The SMILES string of the molecule is CC(C)c1cncnc1N[C@@H](Cc1ccc(OC(=O)N(C)C)cc1)C(=O)O. The molecule has 1 aromatic carbocycles. The Morgan fingerprint density at radius 2 is 1.89 bits per heavy atom. The second-order valence-electron chi connectivity index (χ2n) is 6.63. The lowest BCUT2D eigenvalue weighted by Crippen LogP contribution is -2.32. The molecule has 1 aromatic heterocycles. The number of aliphatic carboxylic acids is 1. The number of nitrogens with one attached hydrogen (secondary N) is 1. The monoisotopic (exact) mass is 372 g/mol. The number of ether oxygens (including phenoxy) is 1. The summed E-state index contributed by atoms with van der Waals surface area (Å²) in [6, 6.07) is 5.89. The second-order valence-corrected chi connectivity index (χ2v) is 6.63. The van der Waals surface area contributed by atoms with E-state index in [2.05, 4.69) is 15.3 Å². The van der Waals surface area contributed by atoms with E-state index in [1.54, 1.807) is 44.6 Å². The van der Waals surface area contributed by atoms with Crippen LogP contribution in [0.2, 0.25) is 0 Å².